The molecule has 0 aliphatic heterocycles. The van der Waals surface area contributed by atoms with E-state index in [0.717, 1.165) is 11.4 Å². The highest BCUT2D eigenvalue weighted by Crippen LogP contribution is 2.15. The molecule has 0 saturated heterocycles. The summed E-state index contributed by atoms with van der Waals surface area (Å²) in [6.45, 7) is 5.98. The van der Waals surface area contributed by atoms with Crippen molar-refractivity contribution in [3.05, 3.63) is 63.1 Å². The van der Waals surface area contributed by atoms with E-state index in [2.05, 4.69) is 18.2 Å². The number of hydrogen-bond donors (Lipinski definition) is 1. The molecule has 2 N–H and O–H groups in total. The summed E-state index contributed by atoms with van der Waals surface area (Å²) in [5, 5.41) is 0. The van der Waals surface area contributed by atoms with Crippen molar-refractivity contribution in [3.8, 4) is 5.69 Å². The minimum absolute atomic E-state index is 0.128. The lowest BCUT2D eigenvalue weighted by molar-refractivity contribution is 0.966. The SMILES string of the molecule is Cc1cc(C)cc(-n2cc(C(N)=S)c(=O)cc2C)c1. The van der Waals surface area contributed by atoms with Crippen LogP contribution in [0, 0.1) is 20.8 Å². The Labute approximate surface area is 117 Å². The quantitative estimate of drug-likeness (QED) is 0.854. The van der Waals surface area contributed by atoms with Gasteiger partial charge in [0, 0.05) is 23.6 Å². The Balaban J connectivity index is 2.71. The summed E-state index contributed by atoms with van der Waals surface area (Å²) in [5.41, 5.74) is 10.0. The van der Waals surface area contributed by atoms with Gasteiger partial charge in [-0.3, -0.25) is 4.79 Å². The van der Waals surface area contributed by atoms with Crippen molar-refractivity contribution >= 4 is 17.2 Å². The van der Waals surface area contributed by atoms with E-state index in [4.69, 9.17) is 18.0 Å². The van der Waals surface area contributed by atoms with Crippen LogP contribution in [0.2, 0.25) is 0 Å². The minimum Gasteiger partial charge on any atom is -0.389 e. The molecule has 0 amide bonds. The number of pyridine rings is 1. The van der Waals surface area contributed by atoms with Crippen molar-refractivity contribution < 1.29 is 0 Å². The molecule has 19 heavy (non-hydrogen) atoms. The third kappa shape index (κ3) is 2.74. The first-order valence-corrected chi connectivity index (χ1v) is 6.41. The molecule has 0 atom stereocenters. The third-order valence-corrected chi connectivity index (χ3v) is 3.21. The van der Waals surface area contributed by atoms with Crippen molar-refractivity contribution in [2.75, 3.05) is 0 Å². The fraction of sp³-hybridized carbons (Fsp3) is 0.200. The molecule has 0 radical (unpaired) electrons. The van der Waals surface area contributed by atoms with Crippen LogP contribution in [0.25, 0.3) is 5.69 Å². The summed E-state index contributed by atoms with van der Waals surface area (Å²) in [5.74, 6) is 0. The molecule has 1 heterocycles. The first kappa shape index (κ1) is 13.5. The molecule has 4 heteroatoms. The van der Waals surface area contributed by atoms with Crippen LogP contribution in [0.4, 0.5) is 0 Å². The summed E-state index contributed by atoms with van der Waals surface area (Å²) in [6.07, 6.45) is 1.72. The average Bonchev–Trinajstić information content (AvgIpc) is 2.26. The van der Waals surface area contributed by atoms with Crippen LogP contribution in [0.5, 0.6) is 0 Å². The van der Waals surface area contributed by atoms with Gasteiger partial charge >= 0.3 is 0 Å². The Hall–Kier alpha value is -1.94. The summed E-state index contributed by atoms with van der Waals surface area (Å²) in [7, 11) is 0. The molecule has 2 rings (SSSR count). The van der Waals surface area contributed by atoms with Gasteiger partial charge in [0.05, 0.1) is 5.56 Å². The van der Waals surface area contributed by atoms with E-state index >= 15 is 0 Å². The van der Waals surface area contributed by atoms with Crippen LogP contribution >= 0.6 is 12.2 Å². The molecule has 0 saturated carbocycles. The van der Waals surface area contributed by atoms with Crippen LogP contribution < -0.4 is 11.2 Å². The summed E-state index contributed by atoms with van der Waals surface area (Å²) in [4.78, 5) is 11.9. The first-order chi connectivity index (χ1) is 8.88. The molecular formula is C15H16N2OS. The maximum absolute atomic E-state index is 11.8. The van der Waals surface area contributed by atoms with E-state index in [0.29, 0.717) is 5.56 Å². The Bertz CT molecular complexity index is 696. The topological polar surface area (TPSA) is 48.0 Å². The Morgan fingerprint density at radius 1 is 1.11 bits per heavy atom. The molecule has 0 fully saturated rings. The second-order valence-corrected chi connectivity index (χ2v) is 5.21. The maximum Gasteiger partial charge on any atom is 0.192 e. The lowest BCUT2D eigenvalue weighted by atomic mass is 10.1. The Morgan fingerprint density at radius 3 is 2.21 bits per heavy atom. The second kappa shape index (κ2) is 4.97. The van der Waals surface area contributed by atoms with E-state index in [1.165, 1.54) is 11.1 Å². The van der Waals surface area contributed by atoms with E-state index in [1.807, 2.05) is 25.3 Å². The lowest BCUT2D eigenvalue weighted by Crippen LogP contribution is -2.23. The molecule has 1 aromatic carbocycles. The summed E-state index contributed by atoms with van der Waals surface area (Å²) < 4.78 is 1.94. The molecule has 2 aromatic rings. The Kier molecular flexibility index (Phi) is 3.53. The van der Waals surface area contributed by atoms with Crippen LogP contribution in [-0.4, -0.2) is 9.56 Å². The largest absolute Gasteiger partial charge is 0.389 e. The van der Waals surface area contributed by atoms with Gasteiger partial charge in [-0.05, 0) is 44.0 Å². The van der Waals surface area contributed by atoms with Gasteiger partial charge in [-0.2, -0.15) is 0 Å². The van der Waals surface area contributed by atoms with Crippen molar-refractivity contribution in [3.63, 3.8) is 0 Å². The number of benzene rings is 1. The van der Waals surface area contributed by atoms with Gasteiger partial charge in [0.2, 0.25) is 0 Å². The molecule has 0 aliphatic rings. The number of nitrogens with zero attached hydrogens (tertiary/aromatic N) is 1. The molecule has 0 spiro atoms. The fourth-order valence-electron chi connectivity index (χ4n) is 2.18. The number of aromatic nitrogens is 1. The average molecular weight is 272 g/mol. The van der Waals surface area contributed by atoms with E-state index < -0.39 is 0 Å². The van der Waals surface area contributed by atoms with Gasteiger partial charge in [0.15, 0.2) is 5.43 Å². The predicted octanol–water partition coefficient (Wildman–Crippen LogP) is 2.40. The molecule has 0 unspecified atom stereocenters. The summed E-state index contributed by atoms with van der Waals surface area (Å²) >= 11 is 4.92. The highest BCUT2D eigenvalue weighted by Gasteiger charge is 2.08. The maximum atomic E-state index is 11.8. The molecular weight excluding hydrogens is 256 g/mol. The van der Waals surface area contributed by atoms with Gasteiger partial charge < -0.3 is 10.3 Å². The van der Waals surface area contributed by atoms with Gasteiger partial charge in [-0.25, -0.2) is 0 Å². The van der Waals surface area contributed by atoms with E-state index in [-0.39, 0.29) is 10.4 Å². The first-order valence-electron chi connectivity index (χ1n) is 6.00. The summed E-state index contributed by atoms with van der Waals surface area (Å²) in [6, 6.07) is 7.80. The van der Waals surface area contributed by atoms with Gasteiger partial charge in [0.25, 0.3) is 0 Å². The number of thiocarbonyl (C=S) groups is 1. The lowest BCUT2D eigenvalue weighted by Gasteiger charge is -2.14. The molecule has 1 aromatic heterocycles. The second-order valence-electron chi connectivity index (χ2n) is 4.77. The highest BCUT2D eigenvalue weighted by atomic mass is 32.1. The monoisotopic (exact) mass is 272 g/mol. The molecule has 3 nitrogen and oxygen atoms in total. The molecule has 0 aliphatic carbocycles. The standard InChI is InChI=1S/C15H16N2OS/c1-9-4-10(2)6-12(5-9)17-8-13(15(16)19)14(18)7-11(17)3/h4-8H,1-3H3,(H2,16,19). The van der Waals surface area contributed by atoms with E-state index in [9.17, 15) is 4.79 Å². The van der Waals surface area contributed by atoms with Crippen LogP contribution in [0.3, 0.4) is 0 Å². The van der Waals surface area contributed by atoms with Crippen molar-refractivity contribution in [2.24, 2.45) is 5.73 Å². The van der Waals surface area contributed by atoms with Crippen molar-refractivity contribution in [2.45, 2.75) is 20.8 Å². The normalized spacial score (nSPS) is 10.5. The van der Waals surface area contributed by atoms with Gasteiger partial charge in [-0.15, -0.1) is 0 Å². The van der Waals surface area contributed by atoms with E-state index in [1.54, 1.807) is 12.3 Å². The van der Waals surface area contributed by atoms with Crippen molar-refractivity contribution in [1.82, 2.24) is 4.57 Å². The number of hydrogen-bond acceptors (Lipinski definition) is 2. The predicted molar refractivity (Wildman–Crippen MR) is 82.1 cm³/mol. The van der Waals surface area contributed by atoms with Gasteiger partial charge in [0.1, 0.15) is 4.99 Å². The zero-order chi connectivity index (χ0) is 14.2. The zero-order valence-corrected chi connectivity index (χ0v) is 12.0. The van der Waals surface area contributed by atoms with Crippen molar-refractivity contribution in [1.29, 1.82) is 0 Å². The van der Waals surface area contributed by atoms with Gasteiger partial charge in [-0.1, -0.05) is 18.3 Å². The Morgan fingerprint density at radius 2 is 1.68 bits per heavy atom. The third-order valence-electron chi connectivity index (χ3n) is 2.99. The smallest absolute Gasteiger partial charge is 0.192 e. The number of nitrogens with two attached hydrogens (primary N) is 1. The van der Waals surface area contributed by atoms with Crippen LogP contribution in [0.1, 0.15) is 22.4 Å². The van der Waals surface area contributed by atoms with Crippen LogP contribution in [-0.2, 0) is 0 Å². The van der Waals surface area contributed by atoms with Crippen LogP contribution in [0.15, 0.2) is 35.3 Å². The minimum atomic E-state index is -0.134. The number of rotatable bonds is 2. The highest BCUT2D eigenvalue weighted by molar-refractivity contribution is 7.80. The zero-order valence-electron chi connectivity index (χ0n) is 11.2. The number of aryl methyl sites for hydroxylation is 3. The fourth-order valence-corrected chi connectivity index (χ4v) is 2.34. The molecule has 98 valence electrons. The molecule has 0 bridgehead atoms.